The molecule has 0 unspecified atom stereocenters. The predicted molar refractivity (Wildman–Crippen MR) is 118 cm³/mol. The van der Waals surface area contributed by atoms with Crippen molar-refractivity contribution in [3.05, 3.63) is 89.8 Å². The lowest BCUT2D eigenvalue weighted by Gasteiger charge is -2.17. The molecule has 2 heterocycles. The van der Waals surface area contributed by atoms with Gasteiger partial charge in [-0.2, -0.15) is 0 Å². The number of hydrogen-bond donors (Lipinski definition) is 3. The average molecular weight is 450 g/mol. The highest BCUT2D eigenvalue weighted by Gasteiger charge is 2.23. The molecule has 0 saturated carbocycles. The summed E-state index contributed by atoms with van der Waals surface area (Å²) >= 11 is 0. The lowest BCUT2D eigenvalue weighted by atomic mass is 10.0. The maximum Gasteiger partial charge on any atom is 0.252 e. The molecule has 1 atom stereocenters. The molecule has 4 aromatic rings. The number of para-hydroxylation sites is 1. The predicted octanol–water partition coefficient (Wildman–Crippen LogP) is 3.72. The quantitative estimate of drug-likeness (QED) is 0.400. The van der Waals surface area contributed by atoms with Crippen LogP contribution in [0, 0.1) is 11.6 Å². The fraction of sp³-hybridized carbons (Fsp3) is 0.125. The standard InChI is InChI=1S/C24H20F2N4O3/c1-27-24(32)20(10-15-13-29-19-5-3-2-4-17(15)19)30-23(31)14-8-9-28-22(11-14)33-21-7-6-16(25)12-18(21)26/h2-9,11-13,20,29H,10H2,1H3,(H,27,32)(H,30,31)/t20-/m0/s1. The third-order valence-electron chi connectivity index (χ3n) is 5.07. The molecule has 4 rings (SSSR count). The van der Waals surface area contributed by atoms with Crippen molar-refractivity contribution in [3.8, 4) is 11.6 Å². The molecule has 168 valence electrons. The van der Waals surface area contributed by atoms with Crippen molar-refractivity contribution in [1.29, 1.82) is 0 Å². The Hall–Kier alpha value is -4.27. The molecule has 0 aliphatic carbocycles. The summed E-state index contributed by atoms with van der Waals surface area (Å²) in [5, 5.41) is 6.25. The number of halogens is 2. The van der Waals surface area contributed by atoms with Gasteiger partial charge >= 0.3 is 0 Å². The second-order valence-electron chi connectivity index (χ2n) is 7.26. The van der Waals surface area contributed by atoms with Crippen molar-refractivity contribution in [2.24, 2.45) is 0 Å². The molecule has 0 spiro atoms. The average Bonchev–Trinajstić information content (AvgIpc) is 3.23. The highest BCUT2D eigenvalue weighted by atomic mass is 19.1. The fourth-order valence-corrected chi connectivity index (χ4v) is 3.42. The number of rotatable bonds is 7. The number of H-pyrrole nitrogens is 1. The summed E-state index contributed by atoms with van der Waals surface area (Å²) in [7, 11) is 1.49. The van der Waals surface area contributed by atoms with Crippen molar-refractivity contribution in [2.45, 2.75) is 12.5 Å². The zero-order valence-electron chi connectivity index (χ0n) is 17.6. The number of nitrogens with zero attached hydrogens (tertiary/aromatic N) is 1. The second kappa shape index (κ2) is 9.47. The zero-order valence-corrected chi connectivity index (χ0v) is 17.6. The van der Waals surface area contributed by atoms with Gasteiger partial charge in [0.05, 0.1) is 0 Å². The van der Waals surface area contributed by atoms with Gasteiger partial charge in [0, 0.05) is 54.5 Å². The summed E-state index contributed by atoms with van der Waals surface area (Å²) in [6.07, 6.45) is 3.40. The number of hydrogen-bond acceptors (Lipinski definition) is 4. The summed E-state index contributed by atoms with van der Waals surface area (Å²) in [5.74, 6) is -2.81. The first-order valence-corrected chi connectivity index (χ1v) is 10.1. The zero-order chi connectivity index (χ0) is 23.4. The van der Waals surface area contributed by atoms with E-state index in [1.807, 2.05) is 30.5 Å². The molecule has 0 radical (unpaired) electrons. The molecule has 2 aromatic heterocycles. The van der Waals surface area contributed by atoms with Gasteiger partial charge in [0.1, 0.15) is 11.9 Å². The summed E-state index contributed by atoms with van der Waals surface area (Å²) in [6, 6.07) is 12.4. The van der Waals surface area contributed by atoms with Crippen LogP contribution in [0.4, 0.5) is 8.78 Å². The number of carbonyl (C=O) groups excluding carboxylic acids is 2. The summed E-state index contributed by atoms with van der Waals surface area (Å²) in [4.78, 5) is 32.5. The van der Waals surface area contributed by atoms with Gasteiger partial charge in [0.25, 0.3) is 5.91 Å². The molecule has 0 bridgehead atoms. The van der Waals surface area contributed by atoms with Crippen molar-refractivity contribution < 1.29 is 23.1 Å². The van der Waals surface area contributed by atoms with Crippen molar-refractivity contribution in [3.63, 3.8) is 0 Å². The number of nitrogens with one attached hydrogen (secondary N) is 3. The number of carbonyl (C=O) groups is 2. The number of aromatic amines is 1. The van der Waals surface area contributed by atoms with Crippen LogP contribution < -0.4 is 15.4 Å². The topological polar surface area (TPSA) is 96.1 Å². The molecule has 0 aliphatic rings. The number of pyridine rings is 1. The van der Waals surface area contributed by atoms with Gasteiger partial charge in [-0.3, -0.25) is 9.59 Å². The first-order valence-electron chi connectivity index (χ1n) is 10.1. The normalized spacial score (nSPS) is 11.7. The minimum atomic E-state index is -0.898. The molecular formula is C24H20F2N4O3. The minimum Gasteiger partial charge on any atom is -0.436 e. The SMILES string of the molecule is CNC(=O)[C@H](Cc1c[nH]c2ccccc12)NC(=O)c1ccnc(Oc2ccc(F)cc2F)c1. The van der Waals surface area contributed by atoms with Crippen LogP contribution >= 0.6 is 0 Å². The van der Waals surface area contributed by atoms with Crippen LogP contribution in [0.3, 0.4) is 0 Å². The van der Waals surface area contributed by atoms with Crippen molar-refractivity contribution >= 4 is 22.7 Å². The first kappa shape index (κ1) is 21.9. The van der Waals surface area contributed by atoms with Crippen molar-refractivity contribution in [2.75, 3.05) is 7.05 Å². The third-order valence-corrected chi connectivity index (χ3v) is 5.07. The minimum absolute atomic E-state index is 0.0544. The van der Waals surface area contributed by atoms with Gasteiger partial charge in [0.15, 0.2) is 11.6 Å². The Labute approximate surface area is 187 Å². The molecule has 7 nitrogen and oxygen atoms in total. The summed E-state index contributed by atoms with van der Waals surface area (Å²) < 4.78 is 32.3. The van der Waals surface area contributed by atoms with E-state index in [4.69, 9.17) is 4.74 Å². The molecule has 2 amide bonds. The van der Waals surface area contributed by atoms with Crippen LogP contribution in [0.25, 0.3) is 10.9 Å². The second-order valence-corrected chi connectivity index (χ2v) is 7.26. The van der Waals surface area contributed by atoms with Crippen LogP contribution in [-0.4, -0.2) is 34.9 Å². The molecule has 0 fully saturated rings. The van der Waals surface area contributed by atoms with Crippen LogP contribution in [-0.2, 0) is 11.2 Å². The maximum atomic E-state index is 13.9. The van der Waals surface area contributed by atoms with Gasteiger partial charge in [-0.05, 0) is 29.8 Å². The highest BCUT2D eigenvalue weighted by molar-refractivity contribution is 5.98. The van der Waals surface area contributed by atoms with Gasteiger partial charge in [-0.15, -0.1) is 0 Å². The maximum absolute atomic E-state index is 13.9. The van der Waals surface area contributed by atoms with E-state index in [2.05, 4.69) is 20.6 Å². The van der Waals surface area contributed by atoms with E-state index in [0.717, 1.165) is 28.6 Å². The van der Waals surface area contributed by atoms with E-state index in [-0.39, 0.29) is 29.5 Å². The lowest BCUT2D eigenvalue weighted by Crippen LogP contribution is -2.47. The molecular weight excluding hydrogens is 430 g/mol. The van der Waals surface area contributed by atoms with E-state index in [1.165, 1.54) is 25.4 Å². The van der Waals surface area contributed by atoms with Crippen LogP contribution in [0.5, 0.6) is 11.6 Å². The summed E-state index contributed by atoms with van der Waals surface area (Å²) in [5.41, 5.74) is 1.97. The Morgan fingerprint density at radius 3 is 2.73 bits per heavy atom. The van der Waals surface area contributed by atoms with E-state index in [0.29, 0.717) is 6.07 Å². The Morgan fingerprint density at radius 1 is 1.12 bits per heavy atom. The highest BCUT2D eigenvalue weighted by Crippen LogP contribution is 2.24. The fourth-order valence-electron chi connectivity index (χ4n) is 3.42. The molecule has 9 heteroatoms. The van der Waals surface area contributed by atoms with Gasteiger partial charge in [-0.1, -0.05) is 18.2 Å². The first-order chi connectivity index (χ1) is 15.9. The number of amides is 2. The number of likely N-dealkylation sites (N-methyl/N-ethyl adjacent to an activating group) is 1. The van der Waals surface area contributed by atoms with E-state index in [1.54, 1.807) is 0 Å². The van der Waals surface area contributed by atoms with E-state index < -0.39 is 23.6 Å². The van der Waals surface area contributed by atoms with Crippen LogP contribution in [0.1, 0.15) is 15.9 Å². The van der Waals surface area contributed by atoms with E-state index in [9.17, 15) is 18.4 Å². The molecule has 0 saturated heterocycles. The van der Waals surface area contributed by atoms with Gasteiger partial charge in [-0.25, -0.2) is 13.8 Å². The number of ether oxygens (including phenoxy) is 1. The Bertz CT molecular complexity index is 1320. The smallest absolute Gasteiger partial charge is 0.252 e. The van der Waals surface area contributed by atoms with Gasteiger partial charge < -0.3 is 20.4 Å². The van der Waals surface area contributed by atoms with Gasteiger partial charge in [0.2, 0.25) is 11.8 Å². The molecule has 3 N–H and O–H groups in total. The largest absolute Gasteiger partial charge is 0.436 e. The lowest BCUT2D eigenvalue weighted by molar-refractivity contribution is -0.122. The monoisotopic (exact) mass is 450 g/mol. The van der Waals surface area contributed by atoms with Crippen molar-refractivity contribution in [1.82, 2.24) is 20.6 Å². The molecule has 0 aliphatic heterocycles. The Morgan fingerprint density at radius 2 is 1.94 bits per heavy atom. The van der Waals surface area contributed by atoms with E-state index >= 15 is 0 Å². The number of fused-ring (bicyclic) bond motifs is 1. The summed E-state index contributed by atoms with van der Waals surface area (Å²) in [6.45, 7) is 0. The number of aromatic nitrogens is 2. The Balaban J connectivity index is 1.52. The number of benzene rings is 2. The Kier molecular flexibility index (Phi) is 6.30. The van der Waals surface area contributed by atoms with Crippen LogP contribution in [0.2, 0.25) is 0 Å². The molecule has 33 heavy (non-hydrogen) atoms. The molecule has 2 aromatic carbocycles. The third kappa shape index (κ3) is 4.98. The van der Waals surface area contributed by atoms with Crippen LogP contribution in [0.15, 0.2) is 67.0 Å².